The molecule has 0 saturated heterocycles. The second kappa shape index (κ2) is 6.90. The second-order valence-electron chi connectivity index (χ2n) is 5.59. The fourth-order valence-electron chi connectivity index (χ4n) is 2.71. The molecule has 142 valence electrons. The minimum absolute atomic E-state index is 0.812. The fraction of sp³-hybridized carbons (Fsp3) is 0.118. The van der Waals surface area contributed by atoms with E-state index in [1.807, 2.05) is 23.5 Å². The lowest BCUT2D eigenvalue weighted by atomic mass is 10.1. The third kappa shape index (κ3) is 3.73. The number of pyridine rings is 1. The molecule has 0 radical (unpaired) electrons. The topological polar surface area (TPSA) is 61.1 Å². The predicted octanol–water partition coefficient (Wildman–Crippen LogP) is 4.74. The van der Waals surface area contributed by atoms with Crippen LogP contribution in [-0.2, 0) is 17.2 Å². The van der Waals surface area contributed by atoms with Crippen molar-refractivity contribution in [1.29, 1.82) is 0 Å². The predicted molar refractivity (Wildman–Crippen MR) is 98.8 cm³/mol. The first-order valence-electron chi connectivity index (χ1n) is 7.41. The summed E-state index contributed by atoms with van der Waals surface area (Å²) < 4.78 is 63.7. The summed E-state index contributed by atoms with van der Waals surface area (Å²) in [4.78, 5) is 0. The molecule has 0 fully saturated rings. The van der Waals surface area contributed by atoms with Gasteiger partial charge in [-0.05, 0) is 24.3 Å². The fourth-order valence-corrected chi connectivity index (χ4v) is 4.11. The van der Waals surface area contributed by atoms with Crippen LogP contribution >= 0.6 is 22.9 Å². The Hall–Kier alpha value is -1.94. The molecule has 0 amide bonds. The number of thiophene rings is 1. The molecule has 0 saturated carbocycles. The molecule has 0 aliphatic rings. The quantitative estimate of drug-likeness (QED) is 0.229. The first kappa shape index (κ1) is 19.8. The molecule has 0 unspecified atom stereocenters. The Morgan fingerprint density at radius 3 is 2.30 bits per heavy atom. The molecule has 4 nitrogen and oxygen atoms in total. The van der Waals surface area contributed by atoms with Gasteiger partial charge in [0, 0.05) is 10.8 Å². The van der Waals surface area contributed by atoms with E-state index >= 15 is 0 Å². The van der Waals surface area contributed by atoms with Crippen molar-refractivity contribution < 1.29 is 30.7 Å². The first-order chi connectivity index (χ1) is 12.5. The number of hydrogen-bond acceptors (Lipinski definition) is 4. The van der Waals surface area contributed by atoms with Crippen LogP contribution in [0.2, 0.25) is 5.02 Å². The van der Waals surface area contributed by atoms with Gasteiger partial charge in [0.05, 0.1) is 15.8 Å². The summed E-state index contributed by atoms with van der Waals surface area (Å²) in [6.07, 6.45) is 0. The summed E-state index contributed by atoms with van der Waals surface area (Å²) >= 11 is 8.14. The number of rotatable bonds is 0. The highest BCUT2D eigenvalue weighted by Crippen LogP contribution is 2.34. The minimum atomic E-state index is -6.09. The third-order valence-corrected chi connectivity index (χ3v) is 5.88. The number of alkyl halides is 3. The van der Waals surface area contributed by atoms with Crippen molar-refractivity contribution in [3.05, 3.63) is 53.6 Å². The maximum atomic E-state index is 10.7. The number of hydrogen-bond donors (Lipinski definition) is 0. The van der Waals surface area contributed by atoms with E-state index in [1.165, 1.54) is 25.8 Å². The van der Waals surface area contributed by atoms with Crippen molar-refractivity contribution >= 4 is 64.3 Å². The average molecular weight is 434 g/mol. The highest BCUT2D eigenvalue weighted by Gasteiger charge is 2.36. The van der Waals surface area contributed by atoms with Crippen molar-refractivity contribution in [1.82, 2.24) is 0 Å². The zero-order valence-corrected chi connectivity index (χ0v) is 16.0. The number of benzene rings is 2. The second-order valence-corrected chi connectivity index (χ2v) is 8.45. The standard InChI is InChI=1S/C16H11ClNS.CHF3O3S/c1-18-13-7-4-6-12(17)11(13)9-15-16(18)10-5-2-3-8-14(10)19-15;2-1(3,4)8(5,6)7/h2-9H,1H3;(H,5,6,7)/q+1;/p-1. The molecule has 10 heteroatoms. The molecule has 0 N–H and O–H groups in total. The number of aromatic nitrogens is 1. The molecule has 0 spiro atoms. The number of halogens is 4. The lowest BCUT2D eigenvalue weighted by Crippen LogP contribution is -2.29. The van der Waals surface area contributed by atoms with Crippen LogP contribution < -0.4 is 4.57 Å². The maximum Gasteiger partial charge on any atom is 0.485 e. The normalized spacial score (nSPS) is 12.4. The average Bonchev–Trinajstić information content (AvgIpc) is 2.93. The van der Waals surface area contributed by atoms with Gasteiger partial charge in [-0.25, -0.2) is 8.42 Å². The van der Waals surface area contributed by atoms with Crippen molar-refractivity contribution in [3.63, 3.8) is 0 Å². The van der Waals surface area contributed by atoms with Gasteiger partial charge >= 0.3 is 5.51 Å². The van der Waals surface area contributed by atoms with Gasteiger partial charge in [0.2, 0.25) is 11.0 Å². The summed E-state index contributed by atoms with van der Waals surface area (Å²) in [5.41, 5.74) is -3.19. The Morgan fingerprint density at radius 1 is 1.04 bits per heavy atom. The number of aryl methyl sites for hydroxylation is 1. The van der Waals surface area contributed by atoms with Crippen LogP contribution in [-0.4, -0.2) is 18.5 Å². The van der Waals surface area contributed by atoms with Crippen LogP contribution in [0.1, 0.15) is 0 Å². The summed E-state index contributed by atoms with van der Waals surface area (Å²) in [5.74, 6) is 0. The summed E-state index contributed by atoms with van der Waals surface area (Å²) in [5, 5.41) is 3.24. The van der Waals surface area contributed by atoms with Crippen LogP contribution in [0.5, 0.6) is 0 Å². The van der Waals surface area contributed by atoms with Crippen molar-refractivity contribution in [2.75, 3.05) is 0 Å². The Balaban J connectivity index is 0.000000226. The minimum Gasteiger partial charge on any atom is -0.741 e. The molecule has 27 heavy (non-hydrogen) atoms. The monoisotopic (exact) mass is 433 g/mol. The Kier molecular flexibility index (Phi) is 5.06. The zero-order valence-electron chi connectivity index (χ0n) is 13.6. The third-order valence-electron chi connectivity index (χ3n) is 3.88. The molecule has 2 aromatic heterocycles. The summed E-state index contributed by atoms with van der Waals surface area (Å²) in [7, 11) is -3.98. The molecule has 2 aromatic carbocycles. The molecule has 0 aliphatic carbocycles. The van der Waals surface area contributed by atoms with E-state index in [0.29, 0.717) is 0 Å². The molecular weight excluding hydrogens is 423 g/mol. The van der Waals surface area contributed by atoms with Gasteiger partial charge in [0.1, 0.15) is 11.7 Å². The highest BCUT2D eigenvalue weighted by molar-refractivity contribution is 7.86. The molecule has 2 heterocycles. The maximum absolute atomic E-state index is 10.7. The van der Waals surface area contributed by atoms with Gasteiger partial charge < -0.3 is 4.55 Å². The summed E-state index contributed by atoms with van der Waals surface area (Å²) in [6.45, 7) is 0. The van der Waals surface area contributed by atoms with E-state index in [-0.39, 0.29) is 0 Å². The van der Waals surface area contributed by atoms with E-state index in [1.54, 1.807) is 0 Å². The molecular formula is C17H11ClF3NO3S2. The van der Waals surface area contributed by atoms with Gasteiger partial charge in [0.25, 0.3) is 0 Å². The van der Waals surface area contributed by atoms with Crippen LogP contribution in [0.25, 0.3) is 31.2 Å². The van der Waals surface area contributed by atoms with E-state index in [4.69, 9.17) is 24.6 Å². The van der Waals surface area contributed by atoms with E-state index in [0.717, 1.165) is 10.4 Å². The molecule has 0 atom stereocenters. The number of nitrogens with zero attached hydrogens (tertiary/aromatic N) is 1. The lowest BCUT2D eigenvalue weighted by molar-refractivity contribution is -0.616. The van der Waals surface area contributed by atoms with E-state index in [2.05, 4.69) is 48.0 Å². The zero-order chi connectivity index (χ0) is 20.0. The van der Waals surface area contributed by atoms with Gasteiger partial charge in [-0.15, -0.1) is 11.3 Å². The molecule has 0 aliphatic heterocycles. The van der Waals surface area contributed by atoms with Crippen LogP contribution in [0.4, 0.5) is 13.2 Å². The Morgan fingerprint density at radius 2 is 1.67 bits per heavy atom. The Labute approximate surface area is 161 Å². The van der Waals surface area contributed by atoms with Gasteiger partial charge in [0.15, 0.2) is 10.1 Å². The number of fused-ring (bicyclic) bond motifs is 4. The van der Waals surface area contributed by atoms with Gasteiger partial charge in [-0.2, -0.15) is 17.7 Å². The van der Waals surface area contributed by atoms with Crippen molar-refractivity contribution in [2.24, 2.45) is 7.05 Å². The lowest BCUT2D eigenvalue weighted by Gasteiger charge is -2.08. The van der Waals surface area contributed by atoms with Crippen LogP contribution in [0, 0.1) is 0 Å². The van der Waals surface area contributed by atoms with Crippen LogP contribution in [0.3, 0.4) is 0 Å². The molecule has 4 aromatic rings. The first-order valence-corrected chi connectivity index (χ1v) is 10.0. The van der Waals surface area contributed by atoms with Gasteiger partial charge in [-0.3, -0.25) is 0 Å². The van der Waals surface area contributed by atoms with Crippen LogP contribution in [0.15, 0.2) is 48.5 Å². The van der Waals surface area contributed by atoms with Crippen molar-refractivity contribution in [3.8, 4) is 0 Å². The smallest absolute Gasteiger partial charge is 0.485 e. The van der Waals surface area contributed by atoms with E-state index < -0.39 is 15.6 Å². The molecule has 0 bridgehead atoms. The van der Waals surface area contributed by atoms with Crippen molar-refractivity contribution in [2.45, 2.75) is 5.51 Å². The SMILES string of the molecule is C[n+]1c2cccc(Cl)c2cc2sc3ccccc3c21.O=S(=O)([O-])C(F)(F)F. The largest absolute Gasteiger partial charge is 0.741 e. The van der Waals surface area contributed by atoms with E-state index in [9.17, 15) is 13.2 Å². The highest BCUT2D eigenvalue weighted by atomic mass is 35.5. The molecule has 4 rings (SSSR count). The van der Waals surface area contributed by atoms with Gasteiger partial charge in [-0.1, -0.05) is 29.8 Å². The summed E-state index contributed by atoms with van der Waals surface area (Å²) in [6, 6.07) is 16.8. The Bertz CT molecular complexity index is 1270.